The number of hydrogen-bond acceptors (Lipinski definition) is 2. The van der Waals surface area contributed by atoms with Gasteiger partial charge in [-0.05, 0) is 30.3 Å². The summed E-state index contributed by atoms with van der Waals surface area (Å²) in [5.41, 5.74) is 2.29. The first-order valence-electron chi connectivity index (χ1n) is 6.28. The SMILES string of the molecule is Cn1ccc(CNC(=S)NCCc2ccccc2)n1. The Balaban J connectivity index is 1.65. The number of aryl methyl sites for hydroxylation is 1. The second-order valence-electron chi connectivity index (χ2n) is 4.33. The zero-order valence-corrected chi connectivity index (χ0v) is 11.8. The molecule has 0 saturated heterocycles. The van der Waals surface area contributed by atoms with Gasteiger partial charge in [-0.25, -0.2) is 0 Å². The van der Waals surface area contributed by atoms with Crippen molar-refractivity contribution in [1.82, 2.24) is 20.4 Å². The average molecular weight is 274 g/mol. The molecule has 19 heavy (non-hydrogen) atoms. The molecule has 0 aliphatic heterocycles. The first-order valence-corrected chi connectivity index (χ1v) is 6.69. The van der Waals surface area contributed by atoms with Gasteiger partial charge in [0.1, 0.15) is 0 Å². The highest BCUT2D eigenvalue weighted by atomic mass is 32.1. The molecule has 0 aliphatic carbocycles. The van der Waals surface area contributed by atoms with Crippen molar-refractivity contribution in [3.63, 3.8) is 0 Å². The molecule has 1 aromatic carbocycles. The van der Waals surface area contributed by atoms with Gasteiger partial charge in [0.2, 0.25) is 0 Å². The third kappa shape index (κ3) is 4.71. The highest BCUT2D eigenvalue weighted by Gasteiger charge is 1.99. The van der Waals surface area contributed by atoms with E-state index in [1.54, 1.807) is 4.68 Å². The molecule has 0 spiro atoms. The molecule has 100 valence electrons. The Bertz CT molecular complexity index is 521. The molecule has 0 unspecified atom stereocenters. The molecule has 0 fully saturated rings. The fraction of sp³-hybridized carbons (Fsp3) is 0.286. The summed E-state index contributed by atoms with van der Waals surface area (Å²) in [7, 11) is 1.90. The van der Waals surface area contributed by atoms with Crippen LogP contribution in [0.15, 0.2) is 42.6 Å². The van der Waals surface area contributed by atoms with Crippen molar-refractivity contribution < 1.29 is 0 Å². The number of aromatic nitrogens is 2. The van der Waals surface area contributed by atoms with Crippen LogP contribution in [0.1, 0.15) is 11.3 Å². The van der Waals surface area contributed by atoms with Gasteiger partial charge in [0, 0.05) is 19.8 Å². The largest absolute Gasteiger partial charge is 0.362 e. The number of hydrogen-bond donors (Lipinski definition) is 2. The molecule has 0 aliphatic rings. The molecule has 0 atom stereocenters. The molecule has 0 radical (unpaired) electrons. The van der Waals surface area contributed by atoms with Crippen LogP contribution in [0, 0.1) is 0 Å². The standard InChI is InChI=1S/C14H18N4S/c1-18-10-8-13(17-18)11-16-14(19)15-9-7-12-5-3-2-4-6-12/h2-6,8,10H,7,9,11H2,1H3,(H2,15,16,19). The van der Waals surface area contributed by atoms with Gasteiger partial charge in [-0.3, -0.25) is 4.68 Å². The Morgan fingerprint density at radius 2 is 2.00 bits per heavy atom. The summed E-state index contributed by atoms with van der Waals surface area (Å²) >= 11 is 5.22. The Kier molecular flexibility index (Phi) is 4.92. The predicted octanol–water partition coefficient (Wildman–Crippen LogP) is 1.63. The maximum Gasteiger partial charge on any atom is 0.166 e. The minimum atomic E-state index is 0.651. The summed E-state index contributed by atoms with van der Waals surface area (Å²) in [5.74, 6) is 0. The Morgan fingerprint density at radius 1 is 1.21 bits per heavy atom. The Hall–Kier alpha value is -1.88. The third-order valence-corrected chi connectivity index (χ3v) is 3.03. The van der Waals surface area contributed by atoms with Crippen molar-refractivity contribution in [1.29, 1.82) is 0 Å². The number of rotatable bonds is 5. The van der Waals surface area contributed by atoms with E-state index in [0.717, 1.165) is 18.7 Å². The van der Waals surface area contributed by atoms with Crippen LogP contribution in [0.2, 0.25) is 0 Å². The van der Waals surface area contributed by atoms with Gasteiger partial charge in [0.25, 0.3) is 0 Å². The normalized spacial score (nSPS) is 10.2. The van der Waals surface area contributed by atoms with Crippen LogP contribution in [0.3, 0.4) is 0 Å². The van der Waals surface area contributed by atoms with Gasteiger partial charge in [0.15, 0.2) is 5.11 Å². The lowest BCUT2D eigenvalue weighted by molar-refractivity contribution is 0.725. The molecule has 0 saturated carbocycles. The van der Waals surface area contributed by atoms with Gasteiger partial charge in [-0.1, -0.05) is 30.3 Å². The minimum absolute atomic E-state index is 0.651. The molecule has 2 aromatic rings. The lowest BCUT2D eigenvalue weighted by Crippen LogP contribution is -2.36. The molecule has 2 rings (SSSR count). The second kappa shape index (κ2) is 6.89. The van der Waals surface area contributed by atoms with Gasteiger partial charge < -0.3 is 10.6 Å². The predicted molar refractivity (Wildman–Crippen MR) is 80.8 cm³/mol. The monoisotopic (exact) mass is 274 g/mol. The van der Waals surface area contributed by atoms with E-state index < -0.39 is 0 Å². The Labute approximate surface area is 118 Å². The van der Waals surface area contributed by atoms with Crippen molar-refractivity contribution in [3.8, 4) is 0 Å². The van der Waals surface area contributed by atoms with Crippen LogP contribution in [0.25, 0.3) is 0 Å². The highest BCUT2D eigenvalue weighted by molar-refractivity contribution is 7.80. The summed E-state index contributed by atoms with van der Waals surface area (Å²) < 4.78 is 1.78. The van der Waals surface area contributed by atoms with E-state index >= 15 is 0 Å². The molecular weight excluding hydrogens is 256 g/mol. The summed E-state index contributed by atoms with van der Waals surface area (Å²) in [6.07, 6.45) is 2.88. The molecule has 5 heteroatoms. The summed E-state index contributed by atoms with van der Waals surface area (Å²) in [5, 5.41) is 11.3. The van der Waals surface area contributed by atoms with Crippen molar-refractivity contribution in [2.75, 3.05) is 6.54 Å². The molecule has 0 amide bonds. The maximum absolute atomic E-state index is 5.22. The lowest BCUT2D eigenvalue weighted by atomic mass is 10.1. The zero-order chi connectivity index (χ0) is 13.5. The zero-order valence-electron chi connectivity index (χ0n) is 11.0. The topological polar surface area (TPSA) is 41.9 Å². The van der Waals surface area contributed by atoms with E-state index in [2.05, 4.69) is 27.9 Å². The molecule has 1 aromatic heterocycles. The number of nitrogens with one attached hydrogen (secondary N) is 2. The minimum Gasteiger partial charge on any atom is -0.362 e. The van der Waals surface area contributed by atoms with Crippen LogP contribution in [-0.4, -0.2) is 21.4 Å². The second-order valence-corrected chi connectivity index (χ2v) is 4.73. The Morgan fingerprint density at radius 3 is 2.68 bits per heavy atom. The van der Waals surface area contributed by atoms with Crippen LogP contribution in [-0.2, 0) is 20.0 Å². The van der Waals surface area contributed by atoms with Crippen LogP contribution >= 0.6 is 12.2 Å². The summed E-state index contributed by atoms with van der Waals surface area (Å²) in [6, 6.07) is 12.3. The van der Waals surface area contributed by atoms with Crippen molar-refractivity contribution in [2.45, 2.75) is 13.0 Å². The first kappa shape index (κ1) is 13.5. The van der Waals surface area contributed by atoms with E-state index in [1.807, 2.05) is 37.5 Å². The van der Waals surface area contributed by atoms with Crippen molar-refractivity contribution in [2.24, 2.45) is 7.05 Å². The summed E-state index contributed by atoms with van der Waals surface area (Å²) in [6.45, 7) is 1.48. The van der Waals surface area contributed by atoms with E-state index in [1.165, 1.54) is 5.56 Å². The summed E-state index contributed by atoms with van der Waals surface area (Å²) in [4.78, 5) is 0. The average Bonchev–Trinajstić information content (AvgIpc) is 2.83. The fourth-order valence-electron chi connectivity index (χ4n) is 1.76. The molecule has 2 N–H and O–H groups in total. The molecule has 4 nitrogen and oxygen atoms in total. The van der Waals surface area contributed by atoms with Gasteiger partial charge in [-0.2, -0.15) is 5.10 Å². The fourth-order valence-corrected chi connectivity index (χ4v) is 1.93. The highest BCUT2D eigenvalue weighted by Crippen LogP contribution is 1.98. The molecule has 0 bridgehead atoms. The first-order chi connectivity index (χ1) is 9.24. The lowest BCUT2D eigenvalue weighted by Gasteiger charge is -2.09. The van der Waals surface area contributed by atoms with Crippen LogP contribution in [0.5, 0.6) is 0 Å². The van der Waals surface area contributed by atoms with Gasteiger partial charge >= 0.3 is 0 Å². The van der Waals surface area contributed by atoms with E-state index in [0.29, 0.717) is 11.7 Å². The van der Waals surface area contributed by atoms with E-state index in [4.69, 9.17) is 12.2 Å². The van der Waals surface area contributed by atoms with Gasteiger partial charge in [0.05, 0.1) is 12.2 Å². The molecule has 1 heterocycles. The third-order valence-electron chi connectivity index (χ3n) is 2.74. The quantitative estimate of drug-likeness (QED) is 0.813. The van der Waals surface area contributed by atoms with Crippen LogP contribution < -0.4 is 10.6 Å². The van der Waals surface area contributed by atoms with Crippen LogP contribution in [0.4, 0.5) is 0 Å². The molecular formula is C14H18N4S. The number of thiocarbonyl (C=S) groups is 1. The van der Waals surface area contributed by atoms with Crippen molar-refractivity contribution in [3.05, 3.63) is 53.9 Å². The number of nitrogens with zero attached hydrogens (tertiary/aromatic N) is 2. The maximum atomic E-state index is 5.22. The van der Waals surface area contributed by atoms with Crippen molar-refractivity contribution >= 4 is 17.3 Å². The van der Waals surface area contributed by atoms with E-state index in [9.17, 15) is 0 Å². The smallest absolute Gasteiger partial charge is 0.166 e. The van der Waals surface area contributed by atoms with E-state index in [-0.39, 0.29) is 0 Å². The van der Waals surface area contributed by atoms with Gasteiger partial charge in [-0.15, -0.1) is 0 Å². The number of benzene rings is 1.